The van der Waals surface area contributed by atoms with E-state index in [-0.39, 0.29) is 0 Å². The number of aromatic nitrogens is 4. The molecule has 0 saturated heterocycles. The molecule has 98 valence electrons. The minimum Gasteiger partial charge on any atom is -0.306 e. The van der Waals surface area contributed by atoms with Crippen LogP contribution < -0.4 is 0 Å². The van der Waals surface area contributed by atoms with Gasteiger partial charge in [-0.05, 0) is 13.0 Å². The third-order valence-corrected chi connectivity index (χ3v) is 4.26. The predicted molar refractivity (Wildman–Crippen MR) is 78.0 cm³/mol. The molecule has 0 fully saturated rings. The van der Waals surface area contributed by atoms with Crippen molar-refractivity contribution in [2.24, 2.45) is 0 Å². The lowest BCUT2D eigenvalue weighted by Crippen LogP contribution is -2.04. The van der Waals surface area contributed by atoms with Crippen molar-refractivity contribution in [3.8, 4) is 0 Å². The van der Waals surface area contributed by atoms with Crippen LogP contribution in [0.5, 0.6) is 0 Å². The molecule has 0 aliphatic heterocycles. The summed E-state index contributed by atoms with van der Waals surface area (Å²) >= 11 is 13.5. The van der Waals surface area contributed by atoms with Crippen LogP contribution in [-0.4, -0.2) is 19.5 Å². The summed E-state index contributed by atoms with van der Waals surface area (Å²) in [7, 11) is 0. The number of rotatable bonds is 3. The van der Waals surface area contributed by atoms with Crippen molar-refractivity contribution in [2.45, 2.75) is 19.3 Å². The molecule has 0 radical (unpaired) electrons. The number of hydrogen-bond acceptors (Lipinski definition) is 4. The van der Waals surface area contributed by atoms with Crippen molar-refractivity contribution in [3.05, 3.63) is 39.2 Å². The van der Waals surface area contributed by atoms with Gasteiger partial charge in [0, 0.05) is 11.1 Å². The first kappa shape index (κ1) is 12.8. The molecule has 0 aliphatic carbocycles. The van der Waals surface area contributed by atoms with E-state index in [0.717, 1.165) is 22.7 Å². The monoisotopic (exact) mass is 312 g/mol. The molecule has 3 rings (SSSR count). The molecule has 3 heterocycles. The van der Waals surface area contributed by atoms with E-state index in [1.807, 2.05) is 17.0 Å². The summed E-state index contributed by atoms with van der Waals surface area (Å²) in [6.45, 7) is 2.68. The summed E-state index contributed by atoms with van der Waals surface area (Å²) in [4.78, 5) is 14.3. The minimum atomic E-state index is 0.339. The third-order valence-electron chi connectivity index (χ3n) is 2.90. The van der Waals surface area contributed by atoms with Crippen LogP contribution in [0.25, 0.3) is 11.2 Å². The molecule has 7 heteroatoms. The number of thiazole rings is 1. The largest absolute Gasteiger partial charge is 0.306 e. The first-order chi connectivity index (χ1) is 9.19. The highest BCUT2D eigenvalue weighted by atomic mass is 35.5. The van der Waals surface area contributed by atoms with Crippen LogP contribution in [-0.2, 0) is 12.4 Å². The van der Waals surface area contributed by atoms with Crippen molar-refractivity contribution in [3.63, 3.8) is 0 Å². The maximum Gasteiger partial charge on any atom is 0.160 e. The molecule has 0 atom stereocenters. The highest BCUT2D eigenvalue weighted by Gasteiger charge is 2.13. The number of halogens is 2. The molecule has 0 bridgehead atoms. The third kappa shape index (κ3) is 2.33. The number of imidazole rings is 1. The van der Waals surface area contributed by atoms with Crippen LogP contribution in [0.15, 0.2) is 17.8 Å². The highest BCUT2D eigenvalue weighted by molar-refractivity contribution is 7.09. The Morgan fingerprint density at radius 2 is 2.21 bits per heavy atom. The topological polar surface area (TPSA) is 43.6 Å². The quantitative estimate of drug-likeness (QED) is 0.693. The van der Waals surface area contributed by atoms with Crippen LogP contribution in [0, 0.1) is 6.92 Å². The average Bonchev–Trinajstić information content (AvgIpc) is 2.94. The fourth-order valence-electron chi connectivity index (χ4n) is 1.92. The van der Waals surface area contributed by atoms with E-state index in [0.29, 0.717) is 17.4 Å². The van der Waals surface area contributed by atoms with Crippen LogP contribution in [0.4, 0.5) is 0 Å². The zero-order valence-electron chi connectivity index (χ0n) is 10.1. The van der Waals surface area contributed by atoms with E-state index in [9.17, 15) is 0 Å². The Morgan fingerprint density at radius 1 is 1.37 bits per heavy atom. The Kier molecular flexibility index (Phi) is 3.43. The molecule has 0 spiro atoms. The van der Waals surface area contributed by atoms with E-state index in [1.165, 1.54) is 4.88 Å². The molecular weight excluding hydrogens is 303 g/mol. The van der Waals surface area contributed by atoms with Gasteiger partial charge in [0.25, 0.3) is 0 Å². The highest BCUT2D eigenvalue weighted by Crippen LogP contribution is 2.22. The van der Waals surface area contributed by atoms with Gasteiger partial charge in [0.15, 0.2) is 5.65 Å². The number of fused-ring (bicyclic) bond motifs is 1. The maximum absolute atomic E-state index is 5.97. The second kappa shape index (κ2) is 5.07. The zero-order valence-corrected chi connectivity index (χ0v) is 12.4. The van der Waals surface area contributed by atoms with E-state index >= 15 is 0 Å². The summed E-state index contributed by atoms with van der Waals surface area (Å²) in [6, 6.07) is 1.80. The Hall–Kier alpha value is -1.17. The van der Waals surface area contributed by atoms with Gasteiger partial charge in [-0.15, -0.1) is 22.9 Å². The van der Waals surface area contributed by atoms with Crippen molar-refractivity contribution in [1.82, 2.24) is 19.5 Å². The fraction of sp³-hybridized carbons (Fsp3) is 0.250. The summed E-state index contributed by atoms with van der Waals surface area (Å²) in [5, 5.41) is 0.576. The van der Waals surface area contributed by atoms with E-state index in [4.69, 9.17) is 23.2 Å². The van der Waals surface area contributed by atoms with E-state index in [2.05, 4.69) is 15.0 Å². The fourth-order valence-corrected chi connectivity index (χ4v) is 3.04. The Morgan fingerprint density at radius 3 is 2.89 bits per heavy atom. The predicted octanol–water partition coefficient (Wildman–Crippen LogP) is 3.64. The van der Waals surface area contributed by atoms with Crippen LogP contribution in [0.2, 0.25) is 5.02 Å². The molecule has 4 nitrogen and oxygen atoms in total. The molecular formula is C12H10Cl2N4S. The molecule has 0 aliphatic rings. The molecule has 0 N–H and O–H groups in total. The van der Waals surface area contributed by atoms with Crippen LogP contribution in [0.1, 0.15) is 16.4 Å². The molecule has 3 aromatic rings. The lowest BCUT2D eigenvalue weighted by atomic mass is 10.4. The normalized spacial score (nSPS) is 11.3. The SMILES string of the molecule is Cc1ncsc1Cn1c(CCl)nc2cc(Cl)cnc21. The zero-order chi connectivity index (χ0) is 13.4. The molecule has 0 saturated carbocycles. The van der Waals surface area contributed by atoms with Crippen LogP contribution in [0.3, 0.4) is 0 Å². The summed E-state index contributed by atoms with van der Waals surface area (Å²) in [5.74, 6) is 1.13. The number of hydrogen-bond donors (Lipinski definition) is 0. The molecule has 19 heavy (non-hydrogen) atoms. The molecule has 3 aromatic heterocycles. The average molecular weight is 313 g/mol. The maximum atomic E-state index is 5.97. The van der Waals surface area contributed by atoms with Gasteiger partial charge in [0.05, 0.1) is 28.7 Å². The van der Waals surface area contributed by atoms with Gasteiger partial charge in [-0.1, -0.05) is 11.6 Å². The number of alkyl halides is 1. The Labute approximate surface area is 124 Å². The van der Waals surface area contributed by atoms with Crippen molar-refractivity contribution in [1.29, 1.82) is 0 Å². The second-order valence-electron chi connectivity index (χ2n) is 4.11. The van der Waals surface area contributed by atoms with Crippen molar-refractivity contribution < 1.29 is 0 Å². The van der Waals surface area contributed by atoms with Crippen molar-refractivity contribution in [2.75, 3.05) is 0 Å². The first-order valence-corrected chi connectivity index (χ1v) is 7.44. The van der Waals surface area contributed by atoms with Gasteiger partial charge < -0.3 is 4.57 Å². The molecule has 0 amide bonds. The smallest absolute Gasteiger partial charge is 0.160 e. The number of aryl methyl sites for hydroxylation is 1. The Balaban J connectivity index is 2.13. The lowest BCUT2D eigenvalue weighted by Gasteiger charge is -2.05. The van der Waals surface area contributed by atoms with Crippen LogP contribution >= 0.6 is 34.5 Å². The molecule has 0 aromatic carbocycles. The van der Waals surface area contributed by atoms with Gasteiger partial charge in [-0.3, -0.25) is 0 Å². The summed E-state index contributed by atoms with van der Waals surface area (Å²) < 4.78 is 2.01. The standard InChI is InChI=1S/C12H10Cl2N4S/c1-7-10(19-6-16-7)5-18-11(3-13)17-9-2-8(14)4-15-12(9)18/h2,4,6H,3,5H2,1H3. The number of pyridine rings is 1. The number of nitrogens with zero attached hydrogens (tertiary/aromatic N) is 4. The van der Waals surface area contributed by atoms with Gasteiger partial charge in [-0.25, -0.2) is 15.0 Å². The second-order valence-corrected chi connectivity index (χ2v) is 5.75. The summed E-state index contributed by atoms with van der Waals surface area (Å²) in [6.07, 6.45) is 1.62. The van der Waals surface area contributed by atoms with Crippen molar-refractivity contribution >= 4 is 45.7 Å². The van der Waals surface area contributed by atoms with Gasteiger partial charge in [0.1, 0.15) is 11.3 Å². The minimum absolute atomic E-state index is 0.339. The van der Waals surface area contributed by atoms with Gasteiger partial charge in [-0.2, -0.15) is 0 Å². The molecule has 0 unspecified atom stereocenters. The van der Waals surface area contributed by atoms with E-state index in [1.54, 1.807) is 23.6 Å². The summed E-state index contributed by atoms with van der Waals surface area (Å²) in [5.41, 5.74) is 4.44. The lowest BCUT2D eigenvalue weighted by molar-refractivity contribution is 0.775. The van der Waals surface area contributed by atoms with Gasteiger partial charge in [0.2, 0.25) is 0 Å². The van der Waals surface area contributed by atoms with E-state index < -0.39 is 0 Å². The first-order valence-electron chi connectivity index (χ1n) is 5.64. The Bertz CT molecular complexity index is 734. The van der Waals surface area contributed by atoms with Gasteiger partial charge >= 0.3 is 0 Å².